The Bertz CT molecular complexity index is 582. The van der Waals surface area contributed by atoms with Crippen molar-refractivity contribution in [3.63, 3.8) is 0 Å². The van der Waals surface area contributed by atoms with Crippen molar-refractivity contribution in [3.05, 3.63) is 23.8 Å². The fourth-order valence-electron chi connectivity index (χ4n) is 3.49. The Hall–Kier alpha value is -1.75. The molecule has 1 aromatic rings. The Morgan fingerprint density at radius 1 is 1.22 bits per heavy atom. The third kappa shape index (κ3) is 7.06. The highest BCUT2D eigenvalue weighted by Crippen LogP contribution is 2.27. The zero-order chi connectivity index (χ0) is 19.6. The summed E-state index contributed by atoms with van der Waals surface area (Å²) < 4.78 is 11.2. The van der Waals surface area contributed by atoms with Crippen LogP contribution in [0, 0.1) is 5.92 Å². The highest BCUT2D eigenvalue weighted by atomic mass is 16.5. The molecule has 1 N–H and O–H groups in total. The van der Waals surface area contributed by atoms with Crippen LogP contribution in [0.25, 0.3) is 0 Å². The first-order chi connectivity index (χ1) is 13.0. The van der Waals surface area contributed by atoms with Crippen LogP contribution in [-0.4, -0.2) is 48.3 Å². The Kier molecular flexibility index (Phi) is 8.92. The Morgan fingerprint density at radius 3 is 2.63 bits per heavy atom. The number of likely N-dealkylation sites (tertiary alicyclic amines) is 1. The van der Waals surface area contributed by atoms with E-state index in [4.69, 9.17) is 9.47 Å². The predicted molar refractivity (Wildman–Crippen MR) is 107 cm³/mol. The molecule has 1 aliphatic rings. The summed E-state index contributed by atoms with van der Waals surface area (Å²) in [5, 5.41) is 9.92. The number of ether oxygens (including phenoxy) is 2. The molecule has 0 saturated carbocycles. The Balaban J connectivity index is 1.96. The molecule has 152 valence electrons. The number of nitrogens with zero attached hydrogens (tertiary/aromatic N) is 1. The topological polar surface area (TPSA) is 59.0 Å². The number of esters is 1. The van der Waals surface area contributed by atoms with Crippen LogP contribution in [0.5, 0.6) is 11.5 Å². The van der Waals surface area contributed by atoms with Crippen LogP contribution >= 0.6 is 0 Å². The number of phenolic OH excluding ortho intramolecular Hbond substituents is 1. The van der Waals surface area contributed by atoms with E-state index in [9.17, 15) is 9.90 Å². The number of piperidine rings is 1. The molecule has 1 heterocycles. The van der Waals surface area contributed by atoms with Crippen molar-refractivity contribution in [2.75, 3.05) is 26.3 Å². The number of rotatable bonds is 10. The van der Waals surface area contributed by atoms with Gasteiger partial charge in [0.2, 0.25) is 0 Å². The molecule has 0 bridgehead atoms. The van der Waals surface area contributed by atoms with Crippen LogP contribution in [0.15, 0.2) is 18.2 Å². The monoisotopic (exact) mass is 377 g/mol. The molecule has 1 fully saturated rings. The second-order valence-electron chi connectivity index (χ2n) is 7.86. The number of hydrogen-bond acceptors (Lipinski definition) is 5. The van der Waals surface area contributed by atoms with Crippen LogP contribution in [0.4, 0.5) is 0 Å². The van der Waals surface area contributed by atoms with Gasteiger partial charge in [-0.1, -0.05) is 33.6 Å². The van der Waals surface area contributed by atoms with E-state index in [2.05, 4.69) is 25.7 Å². The molecule has 0 aliphatic carbocycles. The molecule has 0 unspecified atom stereocenters. The van der Waals surface area contributed by atoms with Gasteiger partial charge in [0, 0.05) is 6.04 Å². The predicted octanol–water partition coefficient (Wildman–Crippen LogP) is 4.63. The summed E-state index contributed by atoms with van der Waals surface area (Å²) in [6.45, 7) is 9.59. The summed E-state index contributed by atoms with van der Waals surface area (Å²) in [6.07, 6.45) is 6.67. The van der Waals surface area contributed by atoms with Crippen molar-refractivity contribution < 1.29 is 19.4 Å². The summed E-state index contributed by atoms with van der Waals surface area (Å²) in [5.41, 5.74) is 0.418. The lowest BCUT2D eigenvalue weighted by Gasteiger charge is -2.35. The molecular formula is C22H35NO4. The van der Waals surface area contributed by atoms with Crippen molar-refractivity contribution in [3.8, 4) is 11.5 Å². The van der Waals surface area contributed by atoms with Gasteiger partial charge in [-0.2, -0.15) is 0 Å². The number of unbranched alkanes of at least 4 members (excludes halogenated alkanes) is 1. The highest BCUT2D eigenvalue weighted by Gasteiger charge is 2.23. The van der Waals surface area contributed by atoms with Gasteiger partial charge in [-0.15, -0.1) is 0 Å². The van der Waals surface area contributed by atoms with E-state index in [1.165, 1.54) is 25.3 Å². The van der Waals surface area contributed by atoms with Crippen molar-refractivity contribution in [2.45, 2.75) is 65.3 Å². The third-order valence-electron chi connectivity index (χ3n) is 5.01. The third-order valence-corrected chi connectivity index (χ3v) is 5.01. The van der Waals surface area contributed by atoms with Crippen LogP contribution in [0.3, 0.4) is 0 Å². The maximum Gasteiger partial charge on any atom is 0.338 e. The van der Waals surface area contributed by atoms with E-state index in [1.807, 2.05) is 0 Å². The minimum atomic E-state index is -0.360. The first-order valence-electron chi connectivity index (χ1n) is 10.4. The summed E-state index contributed by atoms with van der Waals surface area (Å²) in [6, 6.07) is 4.93. The number of hydrogen-bond donors (Lipinski definition) is 1. The molecule has 5 heteroatoms. The van der Waals surface area contributed by atoms with Crippen molar-refractivity contribution >= 4 is 5.97 Å². The molecule has 5 nitrogen and oxygen atoms in total. The number of benzene rings is 1. The van der Waals surface area contributed by atoms with Gasteiger partial charge in [-0.25, -0.2) is 4.79 Å². The van der Waals surface area contributed by atoms with Crippen molar-refractivity contribution in [2.24, 2.45) is 5.92 Å². The first kappa shape index (κ1) is 21.5. The second kappa shape index (κ2) is 11.2. The minimum Gasteiger partial charge on any atom is -0.504 e. The van der Waals surface area contributed by atoms with Gasteiger partial charge in [0.15, 0.2) is 11.5 Å². The smallest absolute Gasteiger partial charge is 0.338 e. The molecule has 0 aromatic heterocycles. The van der Waals surface area contributed by atoms with Gasteiger partial charge < -0.3 is 14.6 Å². The number of aromatic hydroxyl groups is 1. The molecular weight excluding hydrogens is 342 g/mol. The number of phenols is 1. The lowest BCUT2D eigenvalue weighted by Crippen LogP contribution is -2.43. The molecule has 27 heavy (non-hydrogen) atoms. The molecule has 1 aromatic carbocycles. The molecule has 0 spiro atoms. The summed E-state index contributed by atoms with van der Waals surface area (Å²) >= 11 is 0. The normalized spacial score (nSPS) is 16.3. The zero-order valence-corrected chi connectivity index (χ0v) is 17.1. The van der Waals surface area contributed by atoms with Crippen LogP contribution in [-0.2, 0) is 4.74 Å². The highest BCUT2D eigenvalue weighted by molar-refractivity contribution is 5.90. The van der Waals surface area contributed by atoms with Crippen LogP contribution in [0.2, 0.25) is 0 Å². The molecule has 0 radical (unpaired) electrons. The molecule has 1 aliphatic heterocycles. The summed E-state index contributed by atoms with van der Waals surface area (Å²) in [5.74, 6) is 0.588. The average Bonchev–Trinajstić information content (AvgIpc) is 2.67. The fraction of sp³-hybridized carbons (Fsp3) is 0.682. The zero-order valence-electron chi connectivity index (χ0n) is 17.1. The van der Waals surface area contributed by atoms with Gasteiger partial charge in [-0.3, -0.25) is 4.90 Å². The van der Waals surface area contributed by atoms with E-state index in [1.54, 1.807) is 12.1 Å². The second-order valence-corrected chi connectivity index (χ2v) is 7.86. The van der Waals surface area contributed by atoms with Gasteiger partial charge in [0.25, 0.3) is 0 Å². The minimum absolute atomic E-state index is 0.0497. The van der Waals surface area contributed by atoms with Crippen LogP contribution in [0.1, 0.15) is 69.7 Å². The lowest BCUT2D eigenvalue weighted by atomic mass is 10.0. The summed E-state index contributed by atoms with van der Waals surface area (Å²) in [4.78, 5) is 15.0. The van der Waals surface area contributed by atoms with E-state index < -0.39 is 0 Å². The van der Waals surface area contributed by atoms with Gasteiger partial charge >= 0.3 is 5.97 Å². The quantitative estimate of drug-likeness (QED) is 0.476. The maximum atomic E-state index is 12.5. The summed E-state index contributed by atoms with van der Waals surface area (Å²) in [7, 11) is 0. The SMILES string of the molecule is CCCCOc1cc(C(=O)OC[C@H](CC(C)C)N2CCCCC2)ccc1O. The van der Waals surface area contributed by atoms with E-state index in [0.29, 0.717) is 30.4 Å². The maximum absolute atomic E-state index is 12.5. The molecule has 2 rings (SSSR count). The van der Waals surface area contributed by atoms with Crippen molar-refractivity contribution in [1.29, 1.82) is 0 Å². The first-order valence-corrected chi connectivity index (χ1v) is 10.4. The Labute approximate surface area is 163 Å². The number of carbonyl (C=O) groups is 1. The lowest BCUT2D eigenvalue weighted by molar-refractivity contribution is 0.0283. The van der Waals surface area contributed by atoms with E-state index in [-0.39, 0.29) is 17.8 Å². The van der Waals surface area contributed by atoms with Crippen LogP contribution < -0.4 is 4.74 Å². The van der Waals surface area contributed by atoms with E-state index >= 15 is 0 Å². The average molecular weight is 378 g/mol. The largest absolute Gasteiger partial charge is 0.504 e. The van der Waals surface area contributed by atoms with Gasteiger partial charge in [-0.05, 0) is 62.9 Å². The fourth-order valence-corrected chi connectivity index (χ4v) is 3.49. The van der Waals surface area contributed by atoms with Gasteiger partial charge in [0.05, 0.1) is 12.2 Å². The molecule has 1 saturated heterocycles. The molecule has 0 amide bonds. The van der Waals surface area contributed by atoms with Gasteiger partial charge in [0.1, 0.15) is 6.61 Å². The standard InChI is InChI=1S/C22H35NO4/c1-4-5-13-26-21-15-18(9-10-20(21)24)22(25)27-16-19(14-17(2)3)23-11-7-6-8-12-23/h9-10,15,17,19,24H,4-8,11-14,16H2,1-3H3/t19-/m0/s1. The van der Waals surface area contributed by atoms with E-state index in [0.717, 1.165) is 32.4 Å². The molecule has 1 atom stereocenters. The number of carbonyl (C=O) groups excluding carboxylic acids is 1. The Morgan fingerprint density at radius 2 is 1.96 bits per heavy atom. The van der Waals surface area contributed by atoms with Crippen molar-refractivity contribution in [1.82, 2.24) is 4.90 Å².